The summed E-state index contributed by atoms with van der Waals surface area (Å²) >= 11 is 3.47. The van der Waals surface area contributed by atoms with Crippen molar-refractivity contribution in [3.63, 3.8) is 0 Å². The Labute approximate surface area is 128 Å². The molecule has 2 aromatic carbocycles. The van der Waals surface area contributed by atoms with Crippen LogP contribution in [0.1, 0.15) is 37.0 Å². The van der Waals surface area contributed by atoms with Crippen molar-refractivity contribution in [2.75, 3.05) is 13.1 Å². The molecule has 106 valence electrons. The van der Waals surface area contributed by atoms with Crippen LogP contribution in [-0.2, 0) is 0 Å². The number of hydrogen-bond donors (Lipinski definition) is 0. The minimum Gasteiger partial charge on any atom is -0.339 e. The van der Waals surface area contributed by atoms with Gasteiger partial charge < -0.3 is 4.90 Å². The third kappa shape index (κ3) is 3.40. The molecule has 0 spiro atoms. The van der Waals surface area contributed by atoms with E-state index in [0.29, 0.717) is 0 Å². The molecule has 0 aliphatic carbocycles. The van der Waals surface area contributed by atoms with Gasteiger partial charge in [0.25, 0.3) is 5.91 Å². The van der Waals surface area contributed by atoms with E-state index in [1.54, 1.807) is 0 Å². The van der Waals surface area contributed by atoms with Crippen molar-refractivity contribution in [1.29, 1.82) is 0 Å². The van der Waals surface area contributed by atoms with Crippen LogP contribution in [0.25, 0.3) is 10.8 Å². The zero-order valence-electron chi connectivity index (χ0n) is 12.0. The molecule has 0 saturated carbocycles. The summed E-state index contributed by atoms with van der Waals surface area (Å²) < 4.78 is 1.06. The lowest BCUT2D eigenvalue weighted by molar-refractivity contribution is 0.0762. The molecule has 0 saturated heterocycles. The second-order valence-corrected chi connectivity index (χ2v) is 5.86. The highest BCUT2D eigenvalue weighted by Gasteiger charge is 2.13. The molecule has 0 heterocycles. The number of amides is 1. The maximum Gasteiger partial charge on any atom is 0.253 e. The topological polar surface area (TPSA) is 20.3 Å². The van der Waals surface area contributed by atoms with Gasteiger partial charge in [0.15, 0.2) is 0 Å². The maximum absolute atomic E-state index is 12.5. The normalized spacial score (nSPS) is 10.8. The summed E-state index contributed by atoms with van der Waals surface area (Å²) in [5.41, 5.74) is 0.776. The number of fused-ring (bicyclic) bond motifs is 1. The van der Waals surface area contributed by atoms with Crippen molar-refractivity contribution in [1.82, 2.24) is 4.90 Å². The molecule has 0 fully saturated rings. The number of benzene rings is 2. The predicted molar refractivity (Wildman–Crippen MR) is 88.1 cm³/mol. The molecule has 0 aliphatic heterocycles. The largest absolute Gasteiger partial charge is 0.339 e. The van der Waals surface area contributed by atoms with Crippen LogP contribution in [0.2, 0.25) is 0 Å². The maximum atomic E-state index is 12.5. The van der Waals surface area contributed by atoms with E-state index in [0.717, 1.165) is 46.7 Å². The Balaban J connectivity index is 2.27. The highest BCUT2D eigenvalue weighted by atomic mass is 79.9. The van der Waals surface area contributed by atoms with Crippen molar-refractivity contribution in [3.8, 4) is 0 Å². The molecule has 0 aromatic heterocycles. The Morgan fingerprint density at radius 3 is 2.50 bits per heavy atom. The van der Waals surface area contributed by atoms with E-state index in [9.17, 15) is 4.79 Å². The predicted octanol–water partition coefficient (Wildman–Crippen LogP) is 4.86. The van der Waals surface area contributed by atoms with Crippen LogP contribution in [0.3, 0.4) is 0 Å². The van der Waals surface area contributed by atoms with E-state index >= 15 is 0 Å². The van der Waals surface area contributed by atoms with Gasteiger partial charge in [-0.05, 0) is 48.4 Å². The molecule has 2 nitrogen and oxygen atoms in total. The fraction of sp³-hybridized carbons (Fsp3) is 0.353. The number of halogens is 1. The quantitative estimate of drug-likeness (QED) is 0.764. The lowest BCUT2D eigenvalue weighted by Gasteiger charge is -2.20. The van der Waals surface area contributed by atoms with Gasteiger partial charge in [-0.2, -0.15) is 0 Å². The summed E-state index contributed by atoms with van der Waals surface area (Å²) in [6, 6.07) is 12.0. The molecule has 0 N–H and O–H groups in total. The number of hydrogen-bond acceptors (Lipinski definition) is 1. The van der Waals surface area contributed by atoms with Crippen molar-refractivity contribution < 1.29 is 4.79 Å². The van der Waals surface area contributed by atoms with Gasteiger partial charge >= 0.3 is 0 Å². The van der Waals surface area contributed by atoms with Crippen molar-refractivity contribution in [2.24, 2.45) is 0 Å². The zero-order valence-corrected chi connectivity index (χ0v) is 13.6. The Bertz CT molecular complexity index is 609. The van der Waals surface area contributed by atoms with Gasteiger partial charge in [0.05, 0.1) is 0 Å². The van der Waals surface area contributed by atoms with Gasteiger partial charge in [0.1, 0.15) is 0 Å². The minimum atomic E-state index is 0.130. The fourth-order valence-electron chi connectivity index (χ4n) is 2.28. The van der Waals surface area contributed by atoms with Crippen LogP contribution in [0.15, 0.2) is 40.9 Å². The lowest BCUT2D eigenvalue weighted by Crippen LogP contribution is -2.31. The molecular weight excluding hydrogens is 314 g/mol. The Kier molecular flexibility index (Phi) is 5.18. The summed E-state index contributed by atoms with van der Waals surface area (Å²) in [7, 11) is 0. The monoisotopic (exact) mass is 333 g/mol. The molecule has 2 aromatic rings. The molecule has 0 radical (unpaired) electrons. The van der Waals surface area contributed by atoms with Gasteiger partial charge in [-0.25, -0.2) is 0 Å². The second-order valence-electron chi connectivity index (χ2n) is 4.94. The second kappa shape index (κ2) is 6.89. The Hall–Kier alpha value is -1.35. The molecule has 0 bridgehead atoms. The Morgan fingerprint density at radius 2 is 1.80 bits per heavy atom. The highest BCUT2D eigenvalue weighted by Crippen LogP contribution is 2.21. The number of rotatable bonds is 5. The van der Waals surface area contributed by atoms with E-state index in [4.69, 9.17) is 0 Å². The number of carbonyl (C=O) groups excluding carboxylic acids is 1. The first-order valence-corrected chi connectivity index (χ1v) is 7.93. The van der Waals surface area contributed by atoms with E-state index in [-0.39, 0.29) is 5.91 Å². The number of unbranched alkanes of at least 4 members (excludes halogenated alkanes) is 1. The summed E-state index contributed by atoms with van der Waals surface area (Å²) in [6.07, 6.45) is 2.16. The van der Waals surface area contributed by atoms with Crippen LogP contribution in [-0.4, -0.2) is 23.9 Å². The molecule has 2 rings (SSSR count). The average Bonchev–Trinajstić information content (AvgIpc) is 2.47. The molecule has 0 unspecified atom stereocenters. The lowest BCUT2D eigenvalue weighted by atomic mass is 10.1. The fourth-order valence-corrected chi connectivity index (χ4v) is 2.66. The minimum absolute atomic E-state index is 0.130. The van der Waals surface area contributed by atoms with Gasteiger partial charge in [0.2, 0.25) is 0 Å². The number of carbonyl (C=O) groups is 1. The van der Waals surface area contributed by atoms with E-state index in [1.807, 2.05) is 42.2 Å². The molecule has 3 heteroatoms. The van der Waals surface area contributed by atoms with Gasteiger partial charge in [-0.15, -0.1) is 0 Å². The van der Waals surface area contributed by atoms with Crippen LogP contribution < -0.4 is 0 Å². The Morgan fingerprint density at radius 1 is 1.10 bits per heavy atom. The van der Waals surface area contributed by atoms with Gasteiger partial charge in [-0.3, -0.25) is 4.79 Å². The molecule has 1 amide bonds. The summed E-state index contributed by atoms with van der Waals surface area (Å²) in [5.74, 6) is 0.130. The average molecular weight is 334 g/mol. The third-order valence-corrected chi connectivity index (χ3v) is 3.99. The van der Waals surface area contributed by atoms with Crippen LogP contribution in [0.4, 0.5) is 0 Å². The molecule has 20 heavy (non-hydrogen) atoms. The van der Waals surface area contributed by atoms with Crippen molar-refractivity contribution in [3.05, 3.63) is 46.4 Å². The standard InChI is InChI=1S/C17H20BrNO/c1-3-5-10-19(4-2)17(20)15-7-6-14-12-16(18)9-8-13(14)11-15/h6-9,11-12H,3-5,10H2,1-2H3. The molecule has 0 aliphatic rings. The number of nitrogens with zero attached hydrogens (tertiary/aromatic N) is 1. The highest BCUT2D eigenvalue weighted by molar-refractivity contribution is 9.10. The van der Waals surface area contributed by atoms with E-state index in [1.165, 1.54) is 0 Å². The van der Waals surface area contributed by atoms with Gasteiger partial charge in [0, 0.05) is 23.1 Å². The first-order valence-electron chi connectivity index (χ1n) is 7.14. The third-order valence-electron chi connectivity index (χ3n) is 3.50. The van der Waals surface area contributed by atoms with Crippen molar-refractivity contribution >= 4 is 32.6 Å². The summed E-state index contributed by atoms with van der Waals surface area (Å²) in [5, 5.41) is 2.25. The SMILES string of the molecule is CCCCN(CC)C(=O)c1ccc2cc(Br)ccc2c1. The molecular formula is C17H20BrNO. The van der Waals surface area contributed by atoms with E-state index < -0.39 is 0 Å². The first-order chi connectivity index (χ1) is 9.65. The summed E-state index contributed by atoms with van der Waals surface area (Å²) in [6.45, 7) is 5.78. The van der Waals surface area contributed by atoms with Crippen LogP contribution in [0.5, 0.6) is 0 Å². The zero-order chi connectivity index (χ0) is 14.5. The van der Waals surface area contributed by atoms with E-state index in [2.05, 4.69) is 28.9 Å². The van der Waals surface area contributed by atoms with Crippen LogP contribution in [0, 0.1) is 0 Å². The van der Waals surface area contributed by atoms with Gasteiger partial charge in [-0.1, -0.05) is 41.4 Å². The van der Waals surface area contributed by atoms with Crippen LogP contribution >= 0.6 is 15.9 Å². The molecule has 0 atom stereocenters. The smallest absolute Gasteiger partial charge is 0.253 e. The van der Waals surface area contributed by atoms with Crippen molar-refractivity contribution in [2.45, 2.75) is 26.7 Å². The first kappa shape index (κ1) is 15.0. The summed E-state index contributed by atoms with van der Waals surface area (Å²) in [4.78, 5) is 14.4.